The van der Waals surface area contributed by atoms with Gasteiger partial charge in [-0.3, -0.25) is 5.41 Å². The van der Waals surface area contributed by atoms with Gasteiger partial charge in [0.15, 0.2) is 0 Å². The minimum absolute atomic E-state index is 0.0918. The topological polar surface area (TPSA) is 54.1 Å². The monoisotopic (exact) mass is 410 g/mol. The van der Waals surface area contributed by atoms with Crippen LogP contribution in [0.2, 0.25) is 0 Å². The number of nitrogens with one attached hydrogen (secondary N) is 1. The summed E-state index contributed by atoms with van der Waals surface area (Å²) in [5.41, 5.74) is 3.53. The highest BCUT2D eigenvalue weighted by Crippen LogP contribution is 2.47. The summed E-state index contributed by atoms with van der Waals surface area (Å²) >= 11 is 0. The molecule has 0 unspecified atom stereocenters. The average Bonchev–Trinajstić information content (AvgIpc) is 2.79. The lowest BCUT2D eigenvalue weighted by Gasteiger charge is -2.29. The quantitative estimate of drug-likeness (QED) is 0.455. The Bertz CT molecular complexity index is 1290. The van der Waals surface area contributed by atoms with Crippen LogP contribution in [0, 0.1) is 5.41 Å². The van der Waals surface area contributed by atoms with Gasteiger partial charge >= 0.3 is 0 Å². The van der Waals surface area contributed by atoms with Crippen LogP contribution in [0.15, 0.2) is 73.1 Å². The van der Waals surface area contributed by atoms with Crippen molar-refractivity contribution in [1.29, 1.82) is 5.41 Å². The molecule has 1 N–H and O–H groups in total. The van der Waals surface area contributed by atoms with Crippen molar-refractivity contribution in [2.45, 2.75) is 18.9 Å². The summed E-state index contributed by atoms with van der Waals surface area (Å²) in [7, 11) is 4.13. The molecule has 1 aliphatic heterocycles. The fourth-order valence-corrected chi connectivity index (χ4v) is 4.42. The van der Waals surface area contributed by atoms with E-state index < -0.39 is 0 Å². The predicted octanol–water partition coefficient (Wildman–Crippen LogP) is 4.75. The first-order valence-electron chi connectivity index (χ1n) is 10.7. The largest absolute Gasteiger partial charge is 0.438 e. The summed E-state index contributed by atoms with van der Waals surface area (Å²) in [6, 6.07) is 22.9. The van der Waals surface area contributed by atoms with E-state index in [1.807, 2.05) is 22.8 Å². The zero-order valence-corrected chi connectivity index (χ0v) is 17.9. The molecule has 5 heteroatoms. The van der Waals surface area contributed by atoms with Gasteiger partial charge in [0.1, 0.15) is 17.6 Å². The predicted molar refractivity (Wildman–Crippen MR) is 123 cm³/mol. The van der Waals surface area contributed by atoms with Crippen LogP contribution in [-0.4, -0.2) is 35.1 Å². The van der Waals surface area contributed by atoms with Crippen molar-refractivity contribution in [3.63, 3.8) is 0 Å². The molecule has 0 aliphatic carbocycles. The second-order valence-corrected chi connectivity index (χ2v) is 8.31. The summed E-state index contributed by atoms with van der Waals surface area (Å²) in [4.78, 5) is 6.83. The number of aryl methyl sites for hydroxylation is 1. The molecule has 1 atom stereocenters. The lowest BCUT2D eigenvalue weighted by atomic mass is 9.83. The zero-order valence-electron chi connectivity index (χ0n) is 17.9. The molecule has 156 valence electrons. The van der Waals surface area contributed by atoms with E-state index in [9.17, 15) is 0 Å². The van der Waals surface area contributed by atoms with Crippen molar-refractivity contribution in [2.24, 2.45) is 0 Å². The molecule has 0 radical (unpaired) electrons. The Labute approximate surface area is 182 Å². The number of hydrogen-bond donors (Lipinski definition) is 1. The van der Waals surface area contributed by atoms with Crippen LogP contribution in [0.25, 0.3) is 10.8 Å². The average molecular weight is 411 g/mol. The van der Waals surface area contributed by atoms with Crippen LogP contribution in [0.4, 0.5) is 0 Å². The molecule has 0 fully saturated rings. The summed E-state index contributed by atoms with van der Waals surface area (Å²) in [6.07, 6.45) is 2.71. The molecular weight excluding hydrogens is 384 g/mol. The lowest BCUT2D eigenvalue weighted by Crippen LogP contribution is -2.30. The molecule has 1 aromatic heterocycles. The maximum Gasteiger partial charge on any atom is 0.228 e. The van der Waals surface area contributed by atoms with Crippen molar-refractivity contribution in [3.8, 4) is 11.6 Å². The summed E-state index contributed by atoms with van der Waals surface area (Å²) in [5, 5.41) is 11.2. The fourth-order valence-electron chi connectivity index (χ4n) is 4.42. The molecule has 0 saturated carbocycles. The number of aromatic nitrogens is 2. The molecule has 0 saturated heterocycles. The summed E-state index contributed by atoms with van der Waals surface area (Å²) in [6.45, 7) is 1.72. The van der Waals surface area contributed by atoms with Crippen molar-refractivity contribution >= 4 is 10.8 Å². The Morgan fingerprint density at radius 2 is 1.77 bits per heavy atom. The van der Waals surface area contributed by atoms with Gasteiger partial charge in [-0.25, -0.2) is 4.98 Å². The molecule has 5 rings (SSSR count). The number of ether oxygens (including phenoxy) is 1. The second kappa shape index (κ2) is 8.00. The van der Waals surface area contributed by atoms with Crippen molar-refractivity contribution in [3.05, 3.63) is 95.2 Å². The number of hydrogen-bond acceptors (Lipinski definition) is 4. The van der Waals surface area contributed by atoms with E-state index in [1.54, 1.807) is 6.33 Å². The molecule has 2 heterocycles. The lowest BCUT2D eigenvalue weighted by molar-refractivity contribution is 0.379. The fraction of sp³-hybridized carbons (Fsp3) is 0.231. The van der Waals surface area contributed by atoms with Crippen LogP contribution in [0.3, 0.4) is 0 Å². The third kappa shape index (κ3) is 3.51. The van der Waals surface area contributed by atoms with Gasteiger partial charge in [0.2, 0.25) is 5.88 Å². The van der Waals surface area contributed by atoms with Crippen molar-refractivity contribution in [1.82, 2.24) is 14.5 Å². The summed E-state index contributed by atoms with van der Waals surface area (Å²) in [5.74, 6) is 1.29. The van der Waals surface area contributed by atoms with Crippen LogP contribution in [0.5, 0.6) is 11.6 Å². The molecule has 3 aromatic carbocycles. The first-order chi connectivity index (χ1) is 15.1. The van der Waals surface area contributed by atoms with E-state index in [2.05, 4.69) is 72.5 Å². The van der Waals surface area contributed by atoms with E-state index in [4.69, 9.17) is 10.1 Å². The molecule has 31 heavy (non-hydrogen) atoms. The smallest absolute Gasteiger partial charge is 0.228 e. The van der Waals surface area contributed by atoms with Crippen molar-refractivity contribution in [2.75, 3.05) is 20.6 Å². The Morgan fingerprint density at radius 3 is 2.58 bits per heavy atom. The van der Waals surface area contributed by atoms with Gasteiger partial charge < -0.3 is 14.2 Å². The van der Waals surface area contributed by atoms with Crippen LogP contribution >= 0.6 is 0 Å². The number of nitrogens with zero attached hydrogens (tertiary/aromatic N) is 3. The number of fused-ring (bicyclic) bond motifs is 4. The maximum absolute atomic E-state index is 9.02. The molecule has 0 bridgehead atoms. The van der Waals surface area contributed by atoms with Gasteiger partial charge in [0.05, 0.1) is 5.56 Å². The molecular formula is C26H26N4O. The van der Waals surface area contributed by atoms with E-state index >= 15 is 0 Å². The SMILES string of the molecule is CN(C)CCCn1cnc2c(c1=N)[C@H](c1ccccc1)c1ccc3ccccc3c1O2. The highest BCUT2D eigenvalue weighted by atomic mass is 16.5. The highest BCUT2D eigenvalue weighted by molar-refractivity contribution is 5.91. The van der Waals surface area contributed by atoms with Crippen LogP contribution < -0.4 is 10.2 Å². The Hall–Kier alpha value is -3.44. The standard InChI is InChI=1S/C26H26N4O/c1-29(2)15-8-16-30-17-28-26-23(25(30)27)22(19-10-4-3-5-11-19)21-14-13-18-9-6-7-12-20(18)24(21)31-26/h3-7,9-14,17,22,27H,8,15-16H2,1-2H3/t22-/m1/s1. The van der Waals surface area contributed by atoms with Gasteiger partial charge in [-0.05, 0) is 38.0 Å². The highest BCUT2D eigenvalue weighted by Gasteiger charge is 2.32. The minimum atomic E-state index is -0.0918. The van der Waals surface area contributed by atoms with E-state index in [-0.39, 0.29) is 5.92 Å². The molecule has 0 amide bonds. The second-order valence-electron chi connectivity index (χ2n) is 8.31. The van der Waals surface area contributed by atoms with E-state index in [0.29, 0.717) is 11.4 Å². The van der Waals surface area contributed by atoms with Gasteiger partial charge in [0, 0.05) is 23.4 Å². The molecule has 4 aromatic rings. The molecule has 0 spiro atoms. The van der Waals surface area contributed by atoms with Gasteiger partial charge in [-0.2, -0.15) is 0 Å². The van der Waals surface area contributed by atoms with E-state index in [1.165, 1.54) is 0 Å². The van der Waals surface area contributed by atoms with Crippen LogP contribution in [-0.2, 0) is 6.54 Å². The Balaban J connectivity index is 1.69. The first-order valence-corrected chi connectivity index (χ1v) is 10.7. The Kier molecular flexibility index (Phi) is 5.04. The van der Waals surface area contributed by atoms with E-state index in [0.717, 1.165) is 52.7 Å². The zero-order chi connectivity index (χ0) is 21.4. The van der Waals surface area contributed by atoms with Gasteiger partial charge in [-0.1, -0.05) is 66.7 Å². The van der Waals surface area contributed by atoms with Crippen LogP contribution in [0.1, 0.15) is 29.0 Å². The van der Waals surface area contributed by atoms with Gasteiger partial charge in [-0.15, -0.1) is 0 Å². The normalized spacial score (nSPS) is 14.9. The summed E-state index contributed by atoms with van der Waals surface area (Å²) < 4.78 is 8.31. The molecule has 5 nitrogen and oxygen atoms in total. The number of rotatable bonds is 5. The number of benzene rings is 3. The molecule has 1 aliphatic rings. The maximum atomic E-state index is 9.02. The Morgan fingerprint density at radius 1 is 1.00 bits per heavy atom. The minimum Gasteiger partial charge on any atom is -0.438 e. The van der Waals surface area contributed by atoms with Gasteiger partial charge in [0.25, 0.3) is 0 Å². The third-order valence-electron chi connectivity index (χ3n) is 5.93. The third-order valence-corrected chi connectivity index (χ3v) is 5.93. The first kappa shape index (κ1) is 19.5. The van der Waals surface area contributed by atoms with Crippen molar-refractivity contribution < 1.29 is 4.74 Å².